The van der Waals surface area contributed by atoms with E-state index in [0.717, 1.165) is 6.08 Å². The van der Waals surface area contributed by atoms with Crippen molar-refractivity contribution in [3.8, 4) is 0 Å². The lowest BCUT2D eigenvalue weighted by Gasteiger charge is -2.11. The number of hydrogen-bond donors (Lipinski definition) is 0. The average molecular weight is 355 g/mol. The third kappa shape index (κ3) is 3.07. The monoisotopic (exact) mass is 354 g/mol. The first kappa shape index (κ1) is 16.3. The van der Waals surface area contributed by atoms with Crippen molar-refractivity contribution in [1.29, 1.82) is 0 Å². The molecule has 0 unspecified atom stereocenters. The maximum absolute atomic E-state index is 13.2. The van der Waals surface area contributed by atoms with Gasteiger partial charge in [-0.1, -0.05) is 11.6 Å². The summed E-state index contributed by atoms with van der Waals surface area (Å²) < 4.78 is 45.0. The largest absolute Gasteiger partial charge is 0.462 e. The highest BCUT2D eigenvalue weighted by Gasteiger charge is 2.46. The van der Waals surface area contributed by atoms with Crippen LogP contribution in [0, 0.1) is 6.92 Å². The molecule has 8 heteroatoms. The van der Waals surface area contributed by atoms with Gasteiger partial charge < -0.3 is 4.42 Å². The maximum Gasteiger partial charge on any atom is 0.435 e. The summed E-state index contributed by atoms with van der Waals surface area (Å²) in [5, 5.41) is 4.54. The molecule has 2 aromatic rings. The van der Waals surface area contributed by atoms with Gasteiger partial charge in [0, 0.05) is 5.02 Å². The number of halogens is 4. The van der Waals surface area contributed by atoms with E-state index in [-0.39, 0.29) is 11.4 Å². The van der Waals surface area contributed by atoms with E-state index < -0.39 is 23.4 Å². The van der Waals surface area contributed by atoms with Crippen LogP contribution >= 0.6 is 11.6 Å². The predicted molar refractivity (Wildman–Crippen MR) is 83.9 cm³/mol. The zero-order valence-electron chi connectivity index (χ0n) is 12.3. The predicted octanol–water partition coefficient (Wildman–Crippen LogP) is 4.59. The van der Waals surface area contributed by atoms with Gasteiger partial charge in [-0.2, -0.15) is 23.3 Å². The van der Waals surface area contributed by atoms with Crippen LogP contribution in [0.3, 0.4) is 0 Å². The number of anilines is 1. The van der Waals surface area contributed by atoms with Crippen molar-refractivity contribution >= 4 is 35.0 Å². The van der Waals surface area contributed by atoms with Crippen LogP contribution < -0.4 is 5.01 Å². The highest BCUT2D eigenvalue weighted by molar-refractivity contribution is 6.34. The van der Waals surface area contributed by atoms with E-state index >= 15 is 0 Å². The Morgan fingerprint density at radius 3 is 2.38 bits per heavy atom. The summed E-state index contributed by atoms with van der Waals surface area (Å²) in [5.74, 6) is -0.225. The van der Waals surface area contributed by atoms with Crippen LogP contribution in [0.5, 0.6) is 0 Å². The van der Waals surface area contributed by atoms with Crippen LogP contribution in [0.2, 0.25) is 5.02 Å². The van der Waals surface area contributed by atoms with E-state index in [1.54, 1.807) is 13.0 Å². The molecule has 124 valence electrons. The molecule has 1 aliphatic rings. The van der Waals surface area contributed by atoms with Crippen LogP contribution in [0.15, 0.2) is 51.5 Å². The Bertz CT molecular complexity index is 851. The lowest BCUT2D eigenvalue weighted by atomic mass is 10.1. The van der Waals surface area contributed by atoms with E-state index in [2.05, 4.69) is 5.10 Å². The molecule has 3 rings (SSSR count). The molecule has 0 spiro atoms. The molecule has 4 nitrogen and oxygen atoms in total. The summed E-state index contributed by atoms with van der Waals surface area (Å²) in [4.78, 5) is 12.4. The molecule has 0 saturated carbocycles. The number of amides is 1. The van der Waals surface area contributed by atoms with Crippen molar-refractivity contribution in [3.05, 3.63) is 58.5 Å². The minimum Gasteiger partial charge on any atom is -0.462 e. The number of aryl methyl sites for hydroxylation is 1. The number of rotatable bonds is 2. The number of benzene rings is 1. The van der Waals surface area contributed by atoms with Crippen LogP contribution in [0.1, 0.15) is 11.5 Å². The van der Waals surface area contributed by atoms with Crippen molar-refractivity contribution in [2.45, 2.75) is 13.1 Å². The lowest BCUT2D eigenvalue weighted by molar-refractivity contribution is -0.114. The number of hydrazone groups is 1. The number of furan rings is 1. The third-order valence-corrected chi connectivity index (χ3v) is 3.52. The summed E-state index contributed by atoms with van der Waals surface area (Å²) >= 11 is 5.75. The fraction of sp³-hybridized carbons (Fsp3) is 0.125. The van der Waals surface area contributed by atoms with Crippen LogP contribution in [0.4, 0.5) is 18.9 Å². The van der Waals surface area contributed by atoms with Gasteiger partial charge in [-0.3, -0.25) is 4.79 Å². The second-order valence-electron chi connectivity index (χ2n) is 5.05. The first-order chi connectivity index (χ1) is 11.3. The van der Waals surface area contributed by atoms with Crippen molar-refractivity contribution < 1.29 is 22.4 Å². The molecule has 0 atom stereocenters. The molecule has 2 heterocycles. The zero-order chi connectivity index (χ0) is 17.5. The van der Waals surface area contributed by atoms with Gasteiger partial charge in [0.1, 0.15) is 11.5 Å². The zero-order valence-corrected chi connectivity index (χ0v) is 13.0. The van der Waals surface area contributed by atoms with E-state index in [1.807, 2.05) is 0 Å². The Kier molecular flexibility index (Phi) is 3.96. The molecule has 1 aromatic carbocycles. The van der Waals surface area contributed by atoms with Gasteiger partial charge in [0.15, 0.2) is 5.71 Å². The minimum absolute atomic E-state index is 0.144. The fourth-order valence-corrected chi connectivity index (χ4v) is 2.31. The van der Waals surface area contributed by atoms with Gasteiger partial charge >= 0.3 is 6.18 Å². The second kappa shape index (κ2) is 5.83. The minimum atomic E-state index is -4.77. The Labute approximate surface area is 139 Å². The fourth-order valence-electron chi connectivity index (χ4n) is 2.18. The molecule has 0 saturated heterocycles. The van der Waals surface area contributed by atoms with E-state index in [9.17, 15) is 18.0 Å². The van der Waals surface area contributed by atoms with Crippen LogP contribution in [-0.4, -0.2) is 17.8 Å². The molecule has 0 aliphatic carbocycles. The summed E-state index contributed by atoms with van der Waals surface area (Å²) in [6, 6.07) is 8.83. The molecular formula is C16H10ClF3N2O2. The topological polar surface area (TPSA) is 45.8 Å². The Hall–Kier alpha value is -2.54. The summed E-state index contributed by atoms with van der Waals surface area (Å²) in [6.45, 7) is 1.65. The van der Waals surface area contributed by atoms with Crippen molar-refractivity contribution in [1.82, 2.24) is 0 Å². The van der Waals surface area contributed by atoms with Crippen molar-refractivity contribution in [2.75, 3.05) is 5.01 Å². The van der Waals surface area contributed by atoms with Gasteiger partial charge in [-0.25, -0.2) is 0 Å². The first-order valence-corrected chi connectivity index (χ1v) is 7.18. The quantitative estimate of drug-likeness (QED) is 0.740. The highest BCUT2D eigenvalue weighted by atomic mass is 35.5. The SMILES string of the molecule is Cc1ccc(/C=C2\C(=O)N(c3ccc(Cl)cc3)N=C2C(F)(F)F)o1. The van der Waals surface area contributed by atoms with Crippen molar-refractivity contribution in [3.63, 3.8) is 0 Å². The number of carbonyl (C=O) groups excluding carboxylic acids is 1. The van der Waals surface area contributed by atoms with Gasteiger partial charge in [-0.15, -0.1) is 0 Å². The molecule has 1 aromatic heterocycles. The molecule has 1 aliphatic heterocycles. The first-order valence-electron chi connectivity index (χ1n) is 6.80. The number of hydrogen-bond acceptors (Lipinski definition) is 3. The standard InChI is InChI=1S/C16H10ClF3N2O2/c1-9-2-7-12(24-9)8-13-14(16(18,19)20)21-22(15(13)23)11-5-3-10(17)4-6-11/h2-8H,1H3/b13-8-. The number of alkyl halides is 3. The smallest absolute Gasteiger partial charge is 0.435 e. The lowest BCUT2D eigenvalue weighted by Crippen LogP contribution is -2.25. The number of carbonyl (C=O) groups is 1. The Morgan fingerprint density at radius 1 is 1.17 bits per heavy atom. The van der Waals surface area contributed by atoms with Gasteiger partial charge in [0.25, 0.3) is 5.91 Å². The number of nitrogens with zero attached hydrogens (tertiary/aromatic N) is 2. The molecule has 0 fully saturated rings. The summed E-state index contributed by atoms with van der Waals surface area (Å²) in [7, 11) is 0. The van der Waals surface area contributed by atoms with Crippen LogP contribution in [0.25, 0.3) is 6.08 Å². The normalized spacial score (nSPS) is 16.9. The van der Waals surface area contributed by atoms with Crippen molar-refractivity contribution in [2.24, 2.45) is 5.10 Å². The maximum atomic E-state index is 13.2. The van der Waals surface area contributed by atoms with Gasteiger partial charge in [-0.05, 0) is 49.4 Å². The molecule has 0 radical (unpaired) electrons. The summed E-state index contributed by atoms with van der Waals surface area (Å²) in [6.07, 6.45) is -3.73. The van der Waals surface area contributed by atoms with E-state index in [0.29, 0.717) is 15.8 Å². The molecule has 0 N–H and O–H groups in total. The highest BCUT2D eigenvalue weighted by Crippen LogP contribution is 2.33. The third-order valence-electron chi connectivity index (χ3n) is 3.27. The molecule has 0 bridgehead atoms. The second-order valence-corrected chi connectivity index (χ2v) is 5.48. The van der Waals surface area contributed by atoms with E-state index in [1.165, 1.54) is 30.3 Å². The van der Waals surface area contributed by atoms with Gasteiger partial charge in [0.05, 0.1) is 11.3 Å². The molecular weight excluding hydrogens is 345 g/mol. The van der Waals surface area contributed by atoms with Gasteiger partial charge in [0.2, 0.25) is 0 Å². The summed E-state index contributed by atoms with van der Waals surface area (Å²) in [5.41, 5.74) is -1.66. The van der Waals surface area contributed by atoms with E-state index in [4.69, 9.17) is 16.0 Å². The van der Waals surface area contributed by atoms with Crippen LogP contribution in [-0.2, 0) is 4.79 Å². The average Bonchev–Trinajstić information content (AvgIpc) is 3.05. The molecule has 1 amide bonds. The Morgan fingerprint density at radius 2 is 1.83 bits per heavy atom. The molecule has 24 heavy (non-hydrogen) atoms. The Balaban J connectivity index is 2.06.